The van der Waals surface area contributed by atoms with Gasteiger partial charge in [0.1, 0.15) is 17.6 Å². The van der Waals surface area contributed by atoms with Gasteiger partial charge in [-0.15, -0.1) is 0 Å². The van der Waals surface area contributed by atoms with Crippen molar-refractivity contribution in [2.24, 2.45) is 5.41 Å². The molecule has 12 heteroatoms. The lowest BCUT2D eigenvalue weighted by Crippen LogP contribution is -2.47. The molecule has 3 heterocycles. The molecule has 2 aliphatic heterocycles. The van der Waals surface area contributed by atoms with Gasteiger partial charge >= 0.3 is 6.09 Å². The summed E-state index contributed by atoms with van der Waals surface area (Å²) >= 11 is 0. The normalized spacial score (nSPS) is 16.1. The summed E-state index contributed by atoms with van der Waals surface area (Å²) in [5.74, 6) is 0.467. The fraction of sp³-hybridized carbons (Fsp3) is 0.543. The Labute approximate surface area is 283 Å². The first-order chi connectivity index (χ1) is 22.3. The lowest BCUT2D eigenvalue weighted by Gasteiger charge is -2.38. The number of methoxy groups -OCH3 is 1. The highest BCUT2D eigenvalue weighted by Crippen LogP contribution is 2.37. The molecule has 1 fully saturated rings. The van der Waals surface area contributed by atoms with Gasteiger partial charge in [-0.1, -0.05) is 19.9 Å². The second kappa shape index (κ2) is 14.6. The summed E-state index contributed by atoms with van der Waals surface area (Å²) in [5.41, 5.74) is 3.82. The molecule has 4 radical (unpaired) electrons. The molecule has 2 aromatic carbocycles. The molecule has 10 nitrogen and oxygen atoms in total. The van der Waals surface area contributed by atoms with E-state index in [9.17, 15) is 9.59 Å². The predicted octanol–water partition coefficient (Wildman–Crippen LogP) is 5.57. The number of hydrogen-bond donors (Lipinski definition) is 1. The van der Waals surface area contributed by atoms with Crippen LogP contribution in [0.15, 0.2) is 36.4 Å². The third kappa shape index (κ3) is 8.18. The minimum atomic E-state index is -0.689. The number of fused-ring (bicyclic) bond motifs is 2. The largest absolute Gasteiger partial charge is 0.497 e. The SMILES string of the molecule is COc1cc2c(c(-c3cc4cc(CN5CCN(CCC(C)(C)C(O[Si]C)O[Si]C)CC5)ccc4n3C(=O)OC(C)(C)C)c1)C(=O)NC2. The smallest absolute Gasteiger partial charge is 0.419 e. The fourth-order valence-electron chi connectivity index (χ4n) is 6.28. The number of aromatic nitrogens is 1. The molecule has 0 saturated carbocycles. The van der Waals surface area contributed by atoms with E-state index >= 15 is 0 Å². The van der Waals surface area contributed by atoms with E-state index in [0.29, 0.717) is 48.6 Å². The highest BCUT2D eigenvalue weighted by atomic mass is 28.2. The van der Waals surface area contributed by atoms with Crippen molar-refractivity contribution < 1.29 is 27.9 Å². The third-order valence-electron chi connectivity index (χ3n) is 8.85. The molecular weight excluding hydrogens is 629 g/mol. The maximum Gasteiger partial charge on any atom is 0.419 e. The van der Waals surface area contributed by atoms with E-state index in [1.54, 1.807) is 11.7 Å². The molecule has 0 unspecified atom stereocenters. The van der Waals surface area contributed by atoms with Crippen molar-refractivity contribution in [1.82, 2.24) is 19.7 Å². The number of piperazine rings is 1. The maximum absolute atomic E-state index is 13.7. The van der Waals surface area contributed by atoms with Crippen LogP contribution in [-0.2, 0) is 26.7 Å². The topological polar surface area (TPSA) is 94.5 Å². The standard InChI is InChI=1S/C35H48N4O6Si2/c1-34(2,3)43-33(41)39-28-10-9-23(17-24(28)19-29(39)27-20-26(42-6)18-25-21-36-31(40)30(25)27)22-38-15-13-37(14-16-38)12-11-35(4,5)32(44-46-7)45-47-8/h9-10,17-20,32H,11-16,21-22H2,1-8H3,(H,36,40). The zero-order valence-electron chi connectivity index (χ0n) is 29.0. The van der Waals surface area contributed by atoms with Gasteiger partial charge in [0.15, 0.2) is 0 Å². The van der Waals surface area contributed by atoms with E-state index in [-0.39, 0.29) is 17.6 Å². The van der Waals surface area contributed by atoms with Crippen molar-refractivity contribution in [3.63, 3.8) is 0 Å². The van der Waals surface area contributed by atoms with Crippen LogP contribution in [0.25, 0.3) is 22.2 Å². The van der Waals surface area contributed by atoms with E-state index < -0.39 is 11.7 Å². The van der Waals surface area contributed by atoms with Crippen LogP contribution in [0.1, 0.15) is 62.5 Å². The minimum absolute atomic E-state index is 0.0537. The first kappa shape index (κ1) is 35.3. The molecule has 1 aromatic heterocycles. The van der Waals surface area contributed by atoms with Crippen molar-refractivity contribution in [3.05, 3.63) is 53.1 Å². The van der Waals surface area contributed by atoms with Crippen molar-refractivity contribution in [1.29, 1.82) is 0 Å². The van der Waals surface area contributed by atoms with Crippen LogP contribution < -0.4 is 10.1 Å². The van der Waals surface area contributed by atoms with Gasteiger partial charge in [-0.25, -0.2) is 9.36 Å². The summed E-state index contributed by atoms with van der Waals surface area (Å²) in [4.78, 5) is 31.7. The summed E-state index contributed by atoms with van der Waals surface area (Å²) < 4.78 is 24.9. The highest BCUT2D eigenvalue weighted by molar-refractivity contribution is 6.26. The van der Waals surface area contributed by atoms with E-state index in [1.165, 1.54) is 5.56 Å². The first-order valence-electron chi connectivity index (χ1n) is 16.3. The molecule has 0 spiro atoms. The predicted molar refractivity (Wildman–Crippen MR) is 186 cm³/mol. The number of ether oxygens (including phenoxy) is 2. The molecule has 3 aromatic rings. The molecule has 0 atom stereocenters. The highest BCUT2D eigenvalue weighted by Gasteiger charge is 2.32. The van der Waals surface area contributed by atoms with Crippen molar-refractivity contribution >= 4 is 42.4 Å². The van der Waals surface area contributed by atoms with Gasteiger partial charge in [0.2, 0.25) is 19.5 Å². The number of carbonyl (C=O) groups excluding carboxylic acids is 2. The Morgan fingerprint density at radius 3 is 2.28 bits per heavy atom. The summed E-state index contributed by atoms with van der Waals surface area (Å²) in [6, 6.07) is 11.9. The van der Waals surface area contributed by atoms with Crippen LogP contribution in [0.5, 0.6) is 5.75 Å². The van der Waals surface area contributed by atoms with Crippen LogP contribution in [0.4, 0.5) is 4.79 Å². The molecule has 2 aliphatic rings. The summed E-state index contributed by atoms with van der Waals surface area (Å²) in [7, 11) is 2.43. The van der Waals surface area contributed by atoms with Gasteiger partial charge in [0, 0.05) is 55.6 Å². The molecule has 0 aliphatic carbocycles. The molecular formula is C35H48N4O6Si2. The van der Waals surface area contributed by atoms with E-state index in [1.807, 2.05) is 58.1 Å². The summed E-state index contributed by atoms with van der Waals surface area (Å²) in [6.07, 6.45) is 0.357. The van der Waals surface area contributed by atoms with Crippen LogP contribution >= 0.6 is 0 Å². The Kier molecular flexibility index (Phi) is 11.0. The molecule has 0 bridgehead atoms. The van der Waals surface area contributed by atoms with E-state index in [0.717, 1.165) is 62.2 Å². The molecule has 1 saturated heterocycles. The second-order valence-corrected chi connectivity index (χ2v) is 15.3. The lowest BCUT2D eigenvalue weighted by atomic mass is 9.88. The lowest BCUT2D eigenvalue weighted by molar-refractivity contribution is -0.0852. The minimum Gasteiger partial charge on any atom is -0.497 e. The number of nitrogens with one attached hydrogen (secondary N) is 1. The molecule has 5 rings (SSSR count). The van der Waals surface area contributed by atoms with Crippen molar-refractivity contribution in [2.75, 3.05) is 39.8 Å². The number of amides is 1. The third-order valence-corrected chi connectivity index (χ3v) is 9.74. The second-order valence-electron chi connectivity index (χ2n) is 14.0. The van der Waals surface area contributed by atoms with Crippen LogP contribution in [0.2, 0.25) is 13.1 Å². The molecule has 47 heavy (non-hydrogen) atoms. The van der Waals surface area contributed by atoms with Gasteiger partial charge in [-0.2, -0.15) is 0 Å². The number of nitrogens with zero attached hydrogens (tertiary/aromatic N) is 3. The van der Waals surface area contributed by atoms with Gasteiger partial charge in [0.25, 0.3) is 5.91 Å². The molecule has 252 valence electrons. The molecule has 1 N–H and O–H groups in total. The monoisotopic (exact) mass is 676 g/mol. The van der Waals surface area contributed by atoms with Crippen LogP contribution in [0.3, 0.4) is 0 Å². The Morgan fingerprint density at radius 1 is 0.957 bits per heavy atom. The van der Waals surface area contributed by atoms with Crippen molar-refractivity contribution in [3.8, 4) is 17.0 Å². The van der Waals surface area contributed by atoms with Gasteiger partial charge in [-0.05, 0) is 88.3 Å². The van der Waals surface area contributed by atoms with E-state index in [4.69, 9.17) is 18.3 Å². The average Bonchev–Trinajstić information content (AvgIpc) is 3.59. The van der Waals surface area contributed by atoms with Gasteiger partial charge in [-0.3, -0.25) is 9.69 Å². The zero-order chi connectivity index (χ0) is 33.9. The Hall–Kier alpha value is -3.01. The Balaban J connectivity index is 1.35. The summed E-state index contributed by atoms with van der Waals surface area (Å²) in [5, 5.41) is 3.83. The zero-order valence-corrected chi connectivity index (χ0v) is 31.0. The quantitative estimate of drug-likeness (QED) is 0.197. The van der Waals surface area contributed by atoms with Crippen LogP contribution in [-0.4, -0.2) is 97.6 Å². The fourth-order valence-corrected chi connectivity index (χ4v) is 7.54. The average molecular weight is 677 g/mol. The maximum atomic E-state index is 13.7. The Bertz CT molecular complexity index is 1590. The number of benzene rings is 2. The van der Waals surface area contributed by atoms with E-state index in [2.05, 4.69) is 41.1 Å². The number of hydrogen-bond acceptors (Lipinski definition) is 8. The van der Waals surface area contributed by atoms with Gasteiger partial charge in [0.05, 0.1) is 23.9 Å². The summed E-state index contributed by atoms with van der Waals surface area (Å²) in [6.45, 7) is 20.4. The molecule has 1 amide bonds. The van der Waals surface area contributed by atoms with Gasteiger partial charge < -0.3 is 28.5 Å². The Morgan fingerprint density at radius 2 is 1.64 bits per heavy atom. The number of carbonyl (C=O) groups is 2. The first-order valence-corrected chi connectivity index (χ1v) is 19.1. The number of rotatable bonds is 12. The van der Waals surface area contributed by atoms with Crippen molar-refractivity contribution in [2.45, 2.75) is 79.1 Å². The van der Waals surface area contributed by atoms with Crippen LogP contribution in [0, 0.1) is 5.41 Å².